The van der Waals surface area contributed by atoms with E-state index >= 15 is 0 Å². The number of rotatable bonds is 4. The molecule has 0 radical (unpaired) electrons. The Morgan fingerprint density at radius 3 is 2.09 bits per heavy atom. The van der Waals surface area contributed by atoms with Crippen LogP contribution in [-0.2, 0) is 24.5 Å². The van der Waals surface area contributed by atoms with Crippen LogP contribution in [0.2, 0.25) is 0 Å². The maximum Gasteiger partial charge on any atom is 0.324 e. The number of ether oxygens (including phenoxy) is 4. The summed E-state index contributed by atoms with van der Waals surface area (Å²) in [5.74, 6) is -2.37. The van der Waals surface area contributed by atoms with Crippen molar-refractivity contribution in [3.63, 3.8) is 0 Å². The van der Waals surface area contributed by atoms with Gasteiger partial charge in [-0.05, 0) is 6.07 Å². The number of carbonyl (C=O) groups is 2. The highest BCUT2D eigenvalue weighted by Crippen LogP contribution is 2.42. The minimum atomic E-state index is -1.25. The molecule has 0 aliphatic carbocycles. The third-order valence-electron chi connectivity index (χ3n) is 3.99. The Kier molecular flexibility index (Phi) is 4.28. The first kappa shape index (κ1) is 17.1. The average Bonchev–Trinajstić information content (AvgIpc) is 2.43. The van der Waals surface area contributed by atoms with E-state index in [4.69, 9.17) is 18.9 Å². The van der Waals surface area contributed by atoms with Crippen molar-refractivity contribution in [3.8, 4) is 11.5 Å². The summed E-state index contributed by atoms with van der Waals surface area (Å²) in [6, 6.07) is 5.24. The second kappa shape index (κ2) is 5.76. The lowest BCUT2D eigenvalue weighted by molar-refractivity contribution is -0.243. The summed E-state index contributed by atoms with van der Waals surface area (Å²) in [6.45, 7) is 6.62. The summed E-state index contributed by atoms with van der Waals surface area (Å²) in [6.07, 6.45) is 0. The molecule has 6 heteroatoms. The highest BCUT2D eigenvalue weighted by Gasteiger charge is 2.52. The lowest BCUT2D eigenvalue weighted by Crippen LogP contribution is -2.52. The normalized spacial score (nSPS) is 18.2. The van der Waals surface area contributed by atoms with Crippen molar-refractivity contribution < 1.29 is 28.5 Å². The monoisotopic (exact) mass is 322 g/mol. The first-order chi connectivity index (χ1) is 10.6. The molecule has 1 fully saturated rings. The molecule has 2 rings (SSSR count). The Bertz CT molecular complexity index is 612. The van der Waals surface area contributed by atoms with Crippen molar-refractivity contribution in [1.29, 1.82) is 0 Å². The maximum absolute atomic E-state index is 12.4. The van der Waals surface area contributed by atoms with Crippen LogP contribution in [0.3, 0.4) is 0 Å². The Morgan fingerprint density at radius 2 is 1.61 bits per heavy atom. The van der Waals surface area contributed by atoms with Gasteiger partial charge in [-0.1, -0.05) is 19.9 Å². The van der Waals surface area contributed by atoms with Gasteiger partial charge in [-0.15, -0.1) is 0 Å². The molecule has 126 valence electrons. The fourth-order valence-electron chi connectivity index (χ4n) is 2.79. The molecule has 0 bridgehead atoms. The maximum atomic E-state index is 12.4. The molecule has 0 atom stereocenters. The van der Waals surface area contributed by atoms with Gasteiger partial charge < -0.3 is 18.9 Å². The lowest BCUT2D eigenvalue weighted by Gasteiger charge is -2.39. The van der Waals surface area contributed by atoms with E-state index in [1.807, 2.05) is 0 Å². The molecule has 1 aliphatic heterocycles. The van der Waals surface area contributed by atoms with E-state index in [9.17, 15) is 9.59 Å². The van der Waals surface area contributed by atoms with E-state index in [1.165, 1.54) is 21.0 Å². The van der Waals surface area contributed by atoms with Crippen molar-refractivity contribution in [1.82, 2.24) is 0 Å². The summed E-state index contributed by atoms with van der Waals surface area (Å²) in [5.41, 5.74) is -0.179. The van der Waals surface area contributed by atoms with E-state index < -0.39 is 29.1 Å². The second-order valence-corrected chi connectivity index (χ2v) is 6.46. The van der Waals surface area contributed by atoms with Gasteiger partial charge >= 0.3 is 11.9 Å². The van der Waals surface area contributed by atoms with E-state index in [1.54, 1.807) is 39.2 Å². The molecular weight excluding hydrogens is 300 g/mol. The highest BCUT2D eigenvalue weighted by atomic mass is 16.7. The number of cyclic esters (lactones) is 2. The SMILES string of the molecule is COc1ccc(C(C)(C)C2C(=O)OC(C)(C)OC2=O)c(OC)c1. The van der Waals surface area contributed by atoms with Crippen molar-refractivity contribution in [2.24, 2.45) is 5.92 Å². The largest absolute Gasteiger partial charge is 0.497 e. The van der Waals surface area contributed by atoms with Gasteiger partial charge in [-0.25, -0.2) is 0 Å². The molecule has 6 nitrogen and oxygen atoms in total. The molecule has 0 amide bonds. The predicted molar refractivity (Wildman–Crippen MR) is 82.3 cm³/mol. The van der Waals surface area contributed by atoms with Gasteiger partial charge in [0.2, 0.25) is 0 Å². The zero-order valence-electron chi connectivity index (χ0n) is 14.3. The van der Waals surface area contributed by atoms with Crippen LogP contribution >= 0.6 is 0 Å². The molecular formula is C17H22O6. The van der Waals surface area contributed by atoms with E-state index in [2.05, 4.69) is 0 Å². The van der Waals surface area contributed by atoms with Crippen LogP contribution in [0.25, 0.3) is 0 Å². The minimum absolute atomic E-state index is 0.528. The second-order valence-electron chi connectivity index (χ2n) is 6.46. The summed E-state index contributed by atoms with van der Waals surface area (Å²) in [7, 11) is 3.08. The molecule has 0 N–H and O–H groups in total. The average molecular weight is 322 g/mol. The lowest BCUT2D eigenvalue weighted by atomic mass is 9.72. The van der Waals surface area contributed by atoms with Gasteiger partial charge in [0.05, 0.1) is 14.2 Å². The number of hydrogen-bond donors (Lipinski definition) is 0. The fraction of sp³-hybridized carbons (Fsp3) is 0.529. The zero-order valence-corrected chi connectivity index (χ0v) is 14.3. The standard InChI is InChI=1S/C17H22O6/c1-16(2,11-8-7-10(20-5)9-12(11)21-6)13-14(18)22-17(3,4)23-15(13)19/h7-9,13H,1-6H3. The number of esters is 2. The minimum Gasteiger partial charge on any atom is -0.497 e. The highest BCUT2D eigenvalue weighted by molar-refractivity contribution is 5.98. The van der Waals surface area contributed by atoms with E-state index in [0.717, 1.165) is 0 Å². The topological polar surface area (TPSA) is 71.1 Å². The van der Waals surface area contributed by atoms with Crippen molar-refractivity contribution in [3.05, 3.63) is 23.8 Å². The van der Waals surface area contributed by atoms with E-state index in [-0.39, 0.29) is 0 Å². The van der Waals surface area contributed by atoms with E-state index in [0.29, 0.717) is 17.1 Å². The van der Waals surface area contributed by atoms with Gasteiger partial charge in [0.1, 0.15) is 11.5 Å². The van der Waals surface area contributed by atoms with Crippen molar-refractivity contribution in [2.45, 2.75) is 38.9 Å². The Labute approximate surface area is 135 Å². The molecule has 0 aromatic heterocycles. The third-order valence-corrected chi connectivity index (χ3v) is 3.99. The summed E-state index contributed by atoms with van der Waals surface area (Å²) < 4.78 is 21.0. The van der Waals surface area contributed by atoms with Crippen LogP contribution < -0.4 is 9.47 Å². The van der Waals surface area contributed by atoms with Gasteiger partial charge in [-0.2, -0.15) is 0 Å². The first-order valence-electron chi connectivity index (χ1n) is 7.30. The molecule has 1 heterocycles. The summed E-state index contributed by atoms with van der Waals surface area (Å²) >= 11 is 0. The number of hydrogen-bond acceptors (Lipinski definition) is 6. The van der Waals surface area contributed by atoms with Gasteiger partial charge in [0.15, 0.2) is 5.92 Å². The van der Waals surface area contributed by atoms with Crippen LogP contribution in [0.4, 0.5) is 0 Å². The van der Waals surface area contributed by atoms with Crippen LogP contribution in [-0.4, -0.2) is 31.9 Å². The summed E-state index contributed by atoms with van der Waals surface area (Å²) in [4.78, 5) is 24.7. The fourth-order valence-corrected chi connectivity index (χ4v) is 2.79. The molecule has 0 spiro atoms. The number of methoxy groups -OCH3 is 2. The molecule has 23 heavy (non-hydrogen) atoms. The van der Waals surface area contributed by atoms with Gasteiger partial charge in [-0.3, -0.25) is 9.59 Å². The predicted octanol–water partition coefficient (Wildman–Crippen LogP) is 2.43. The van der Waals surface area contributed by atoms with Crippen molar-refractivity contribution >= 4 is 11.9 Å². The summed E-state index contributed by atoms with van der Waals surface area (Å²) in [5, 5.41) is 0. The Balaban J connectivity index is 2.46. The van der Waals surface area contributed by atoms with Crippen LogP contribution in [0, 0.1) is 5.92 Å². The molecule has 1 aliphatic rings. The molecule has 0 unspecified atom stereocenters. The third kappa shape index (κ3) is 3.11. The Morgan fingerprint density at radius 1 is 1.04 bits per heavy atom. The van der Waals surface area contributed by atoms with Gasteiger partial charge in [0.25, 0.3) is 5.79 Å². The number of benzene rings is 1. The Hall–Kier alpha value is -2.24. The van der Waals surface area contributed by atoms with Crippen LogP contribution in [0.5, 0.6) is 11.5 Å². The van der Waals surface area contributed by atoms with Crippen LogP contribution in [0.15, 0.2) is 18.2 Å². The molecule has 1 saturated heterocycles. The van der Waals surface area contributed by atoms with Crippen molar-refractivity contribution in [2.75, 3.05) is 14.2 Å². The quantitative estimate of drug-likeness (QED) is 0.626. The molecule has 1 aromatic rings. The smallest absolute Gasteiger partial charge is 0.324 e. The van der Waals surface area contributed by atoms with Crippen LogP contribution in [0.1, 0.15) is 33.3 Å². The van der Waals surface area contributed by atoms with Gasteiger partial charge in [0, 0.05) is 30.9 Å². The molecule has 0 saturated carbocycles. The first-order valence-corrected chi connectivity index (χ1v) is 7.30. The zero-order chi connectivity index (χ0) is 17.4. The molecule has 1 aromatic carbocycles. The number of carbonyl (C=O) groups excluding carboxylic acids is 2.